The summed E-state index contributed by atoms with van der Waals surface area (Å²) in [6.45, 7) is -0.586. The summed E-state index contributed by atoms with van der Waals surface area (Å²) in [6.07, 6.45) is 0.456. The molecule has 2 heterocycles. The van der Waals surface area contributed by atoms with Crippen molar-refractivity contribution in [2.24, 2.45) is 0 Å². The van der Waals surface area contributed by atoms with Crippen LogP contribution in [0.1, 0.15) is 19.1 Å². The maximum Gasteiger partial charge on any atom is 0.490 e. The van der Waals surface area contributed by atoms with Gasteiger partial charge in [0, 0.05) is 62.8 Å². The number of nitrogens with zero attached hydrogens (tertiary/aromatic N) is 2. The molecular formula is C9H16Li3N3O12P3. The summed E-state index contributed by atoms with van der Waals surface area (Å²) < 4.78 is 51.6. The standard InChI is InChI=1S/C9H16N3O12P3.3Li/c10-7-3-4-12(9(13)11-7)8-2-1-6(22-8)5-21-26(17,18)24-27(19,20)23-25(14,15)16;;;/h3-4,6,8H,1-2,5H2,(H,17,18)(H,19,20)(H2,10,11,13)(H2,14,15,16);;;/t6-,8+;;;/m0.../s1. The maximum atomic E-state index is 11.7. The van der Waals surface area contributed by atoms with Crippen molar-refractivity contribution in [2.45, 2.75) is 25.2 Å². The predicted molar refractivity (Wildman–Crippen MR) is 103 cm³/mol. The van der Waals surface area contributed by atoms with Crippen LogP contribution in [0.5, 0.6) is 0 Å². The van der Waals surface area contributed by atoms with Gasteiger partial charge in [0.15, 0.2) is 0 Å². The number of hydrogen-bond donors (Lipinski definition) is 5. The zero-order chi connectivity index (χ0) is 20.5. The van der Waals surface area contributed by atoms with Crippen LogP contribution in [0, 0.1) is 0 Å². The fourth-order valence-electron chi connectivity index (χ4n) is 2.14. The second kappa shape index (κ2) is 12.9. The molecule has 0 aliphatic carbocycles. The Labute approximate surface area is 206 Å². The zero-order valence-electron chi connectivity index (χ0n) is 16.3. The van der Waals surface area contributed by atoms with Crippen LogP contribution in [0.2, 0.25) is 0 Å². The Morgan fingerprint density at radius 1 is 1.10 bits per heavy atom. The van der Waals surface area contributed by atoms with Crippen molar-refractivity contribution in [3.05, 3.63) is 22.7 Å². The third kappa shape index (κ3) is 11.1. The fourth-order valence-corrected chi connectivity index (χ4v) is 5.19. The smallest absolute Gasteiger partial charge is 0.383 e. The van der Waals surface area contributed by atoms with Crippen LogP contribution in [-0.4, -0.2) is 98.4 Å². The Balaban J connectivity index is 0. The number of phosphoric ester groups is 1. The number of rotatable bonds is 8. The molecule has 6 N–H and O–H groups in total. The third-order valence-electron chi connectivity index (χ3n) is 3.09. The van der Waals surface area contributed by atoms with Gasteiger partial charge < -0.3 is 30.0 Å². The van der Waals surface area contributed by atoms with Gasteiger partial charge in [-0.25, -0.2) is 18.5 Å². The van der Waals surface area contributed by atoms with Gasteiger partial charge in [0.1, 0.15) is 12.0 Å². The summed E-state index contributed by atoms with van der Waals surface area (Å²) in [4.78, 5) is 50.6. The minimum atomic E-state index is -5.58. The molecule has 1 aromatic rings. The van der Waals surface area contributed by atoms with Crippen molar-refractivity contribution in [1.82, 2.24) is 9.55 Å². The largest absolute Gasteiger partial charge is 0.490 e. The van der Waals surface area contributed by atoms with Gasteiger partial charge >= 0.3 is 29.2 Å². The van der Waals surface area contributed by atoms with Crippen LogP contribution < -0.4 is 11.4 Å². The second-order valence-corrected chi connectivity index (χ2v) is 9.64. The Morgan fingerprint density at radius 3 is 2.23 bits per heavy atom. The van der Waals surface area contributed by atoms with E-state index in [1.807, 2.05) is 0 Å². The molecule has 21 heteroatoms. The van der Waals surface area contributed by atoms with Crippen LogP contribution in [-0.2, 0) is 31.6 Å². The van der Waals surface area contributed by atoms with Gasteiger partial charge in [-0.15, -0.1) is 0 Å². The van der Waals surface area contributed by atoms with E-state index >= 15 is 0 Å². The monoisotopic (exact) mass is 472 g/mol. The maximum absolute atomic E-state index is 11.7. The first kappa shape index (κ1) is 33.0. The SMILES string of the molecule is Nc1ccn([C@H]2CC[C@@H](COP(=O)(O)OP(=O)(O)OP(=O)(O)O)O2)c(=O)n1.[Li].[Li].[Li]. The molecule has 0 saturated carbocycles. The molecule has 2 rings (SSSR count). The number of ether oxygens (including phenoxy) is 1. The van der Waals surface area contributed by atoms with E-state index < -0.39 is 48.1 Å². The molecule has 1 aliphatic rings. The van der Waals surface area contributed by atoms with Gasteiger partial charge in [-0.2, -0.15) is 13.6 Å². The first-order valence-electron chi connectivity index (χ1n) is 7.05. The van der Waals surface area contributed by atoms with E-state index in [1.165, 1.54) is 12.3 Å². The molecule has 0 amide bonds. The number of phosphoric acid groups is 3. The van der Waals surface area contributed by atoms with Crippen LogP contribution in [0.15, 0.2) is 17.1 Å². The molecule has 1 aromatic heterocycles. The Kier molecular flexibility index (Phi) is 14.2. The van der Waals surface area contributed by atoms with Crippen molar-refractivity contribution in [3.63, 3.8) is 0 Å². The van der Waals surface area contributed by atoms with Crippen molar-refractivity contribution in [2.75, 3.05) is 12.3 Å². The van der Waals surface area contributed by atoms with Crippen LogP contribution in [0.4, 0.5) is 5.82 Å². The number of nitrogens with two attached hydrogens (primary N) is 1. The van der Waals surface area contributed by atoms with Gasteiger partial charge in [0.2, 0.25) is 0 Å². The van der Waals surface area contributed by atoms with Crippen LogP contribution >= 0.6 is 23.5 Å². The van der Waals surface area contributed by atoms with Gasteiger partial charge in [-0.05, 0) is 18.9 Å². The van der Waals surface area contributed by atoms with Crippen molar-refractivity contribution < 1.29 is 51.2 Å². The van der Waals surface area contributed by atoms with Gasteiger partial charge in [-0.3, -0.25) is 9.09 Å². The van der Waals surface area contributed by atoms with E-state index in [0.29, 0.717) is 6.42 Å². The van der Waals surface area contributed by atoms with Gasteiger partial charge in [0.05, 0.1) is 12.7 Å². The fraction of sp³-hybridized carbons (Fsp3) is 0.556. The molecule has 1 saturated heterocycles. The molecule has 3 radical (unpaired) electrons. The first-order chi connectivity index (χ1) is 12.3. The Morgan fingerprint density at radius 2 is 1.70 bits per heavy atom. The zero-order valence-corrected chi connectivity index (χ0v) is 19.0. The van der Waals surface area contributed by atoms with Gasteiger partial charge in [-0.1, -0.05) is 0 Å². The summed E-state index contributed by atoms with van der Waals surface area (Å²) in [5, 5.41) is 0. The molecule has 0 spiro atoms. The molecular weight excluding hydrogens is 456 g/mol. The molecule has 157 valence electrons. The normalized spacial score (nSPS) is 22.5. The number of aromatic nitrogens is 2. The summed E-state index contributed by atoms with van der Waals surface area (Å²) in [7, 11) is -16.3. The van der Waals surface area contributed by atoms with Gasteiger partial charge in [0.25, 0.3) is 0 Å². The molecule has 0 aromatic carbocycles. The van der Waals surface area contributed by atoms with Crippen molar-refractivity contribution >= 4 is 85.9 Å². The summed E-state index contributed by atoms with van der Waals surface area (Å²) in [6, 6.07) is 1.38. The average molecular weight is 472 g/mol. The molecule has 0 bridgehead atoms. The van der Waals surface area contributed by atoms with Crippen LogP contribution in [0.25, 0.3) is 0 Å². The van der Waals surface area contributed by atoms with E-state index in [0.717, 1.165) is 4.57 Å². The number of anilines is 1. The molecule has 1 aliphatic heterocycles. The van der Waals surface area contributed by atoms with E-state index in [9.17, 15) is 23.4 Å². The topological polar surface area (TPSA) is 230 Å². The second-order valence-electron chi connectivity index (χ2n) is 5.22. The molecule has 30 heavy (non-hydrogen) atoms. The van der Waals surface area contributed by atoms with E-state index in [4.69, 9.17) is 25.2 Å². The Hall–Kier alpha value is 0.842. The first-order valence-corrected chi connectivity index (χ1v) is 11.6. The van der Waals surface area contributed by atoms with E-state index in [-0.39, 0.29) is 68.8 Å². The summed E-state index contributed by atoms with van der Waals surface area (Å²) >= 11 is 0. The molecule has 1 fully saturated rings. The minimum Gasteiger partial charge on any atom is -0.383 e. The minimum absolute atomic E-state index is 0. The predicted octanol–water partition coefficient (Wildman–Crippen LogP) is -1.30. The van der Waals surface area contributed by atoms with E-state index in [2.05, 4.69) is 18.1 Å². The number of nitrogen functional groups attached to an aromatic ring is 1. The average Bonchev–Trinajstić information content (AvgIpc) is 2.90. The summed E-state index contributed by atoms with van der Waals surface area (Å²) in [5.74, 6) is 0.0263. The molecule has 4 atom stereocenters. The van der Waals surface area contributed by atoms with Crippen molar-refractivity contribution in [1.29, 1.82) is 0 Å². The molecule has 15 nitrogen and oxygen atoms in total. The Bertz CT molecular complexity index is 896. The molecule has 2 unspecified atom stereocenters. The van der Waals surface area contributed by atoms with E-state index in [1.54, 1.807) is 0 Å². The third-order valence-corrected chi connectivity index (χ3v) is 6.89. The number of hydrogen-bond acceptors (Lipinski definition) is 10. The summed E-state index contributed by atoms with van der Waals surface area (Å²) in [5.41, 5.74) is 4.72. The van der Waals surface area contributed by atoms with Crippen molar-refractivity contribution in [3.8, 4) is 0 Å². The van der Waals surface area contributed by atoms with Crippen LogP contribution in [0.3, 0.4) is 0 Å². The quantitative estimate of drug-likeness (QED) is 0.219.